The molecule has 86 valence electrons. The van der Waals surface area contributed by atoms with E-state index in [-0.39, 0.29) is 6.04 Å². The highest BCUT2D eigenvalue weighted by Gasteiger charge is 2.09. The van der Waals surface area contributed by atoms with Crippen molar-refractivity contribution < 1.29 is 0 Å². The first kappa shape index (κ1) is 11.1. The van der Waals surface area contributed by atoms with Crippen molar-refractivity contribution in [3.63, 3.8) is 0 Å². The lowest BCUT2D eigenvalue weighted by Crippen LogP contribution is -2.10. The Labute approximate surface area is 98.7 Å². The van der Waals surface area contributed by atoms with Crippen LogP contribution in [0.15, 0.2) is 18.5 Å². The van der Waals surface area contributed by atoms with E-state index in [0.29, 0.717) is 11.6 Å². The van der Waals surface area contributed by atoms with Gasteiger partial charge in [-0.2, -0.15) is 10.4 Å². The Morgan fingerprint density at radius 3 is 2.94 bits per heavy atom. The van der Waals surface area contributed by atoms with Crippen LogP contribution in [0.4, 0.5) is 5.95 Å². The number of hydrogen-bond donors (Lipinski definition) is 2. The molecule has 6 heteroatoms. The van der Waals surface area contributed by atoms with Gasteiger partial charge in [-0.3, -0.25) is 5.10 Å². The molecule has 0 aliphatic rings. The Morgan fingerprint density at radius 1 is 1.47 bits per heavy atom. The number of nitrogens with one attached hydrogen (secondary N) is 2. The van der Waals surface area contributed by atoms with Crippen molar-refractivity contribution in [3.8, 4) is 6.07 Å². The molecular weight excluding hydrogens is 216 g/mol. The van der Waals surface area contributed by atoms with Gasteiger partial charge in [-0.25, -0.2) is 9.97 Å². The average molecular weight is 228 g/mol. The number of aromatic amines is 1. The molecule has 0 aliphatic carbocycles. The van der Waals surface area contributed by atoms with E-state index in [1.165, 1.54) is 0 Å². The number of hydrogen-bond acceptors (Lipinski definition) is 5. The summed E-state index contributed by atoms with van der Waals surface area (Å²) in [5, 5.41) is 18.6. The maximum Gasteiger partial charge on any atom is 0.224 e. The van der Waals surface area contributed by atoms with Crippen LogP contribution in [0, 0.1) is 18.3 Å². The minimum atomic E-state index is 0.0297. The molecule has 0 saturated heterocycles. The number of rotatable bonds is 3. The Kier molecular flexibility index (Phi) is 3.01. The van der Waals surface area contributed by atoms with E-state index in [1.807, 2.05) is 19.9 Å². The van der Waals surface area contributed by atoms with Crippen LogP contribution in [-0.4, -0.2) is 20.2 Å². The van der Waals surface area contributed by atoms with Crippen molar-refractivity contribution in [2.45, 2.75) is 19.9 Å². The van der Waals surface area contributed by atoms with E-state index in [1.54, 1.807) is 18.5 Å². The summed E-state index contributed by atoms with van der Waals surface area (Å²) in [4.78, 5) is 8.32. The number of anilines is 1. The Hall–Kier alpha value is -2.42. The van der Waals surface area contributed by atoms with Gasteiger partial charge in [-0.15, -0.1) is 0 Å². The third-order valence-corrected chi connectivity index (χ3v) is 2.33. The highest BCUT2D eigenvalue weighted by molar-refractivity contribution is 5.35. The van der Waals surface area contributed by atoms with Crippen LogP contribution in [-0.2, 0) is 0 Å². The van der Waals surface area contributed by atoms with Crippen molar-refractivity contribution in [1.29, 1.82) is 5.26 Å². The van der Waals surface area contributed by atoms with Crippen LogP contribution in [0.5, 0.6) is 0 Å². The first-order chi connectivity index (χ1) is 8.19. The number of aromatic nitrogens is 4. The molecule has 2 aromatic heterocycles. The third-order valence-electron chi connectivity index (χ3n) is 2.33. The molecule has 0 amide bonds. The van der Waals surface area contributed by atoms with E-state index in [2.05, 4.69) is 25.5 Å². The SMILES string of the molecule is Cc1cc(C#N)nc(NC(C)c2cn[nH]c2)n1. The monoisotopic (exact) mass is 228 g/mol. The van der Waals surface area contributed by atoms with E-state index in [9.17, 15) is 0 Å². The molecule has 0 spiro atoms. The molecule has 2 aromatic rings. The van der Waals surface area contributed by atoms with Gasteiger partial charge in [0.15, 0.2) is 0 Å². The van der Waals surface area contributed by atoms with Gasteiger partial charge in [0.1, 0.15) is 11.8 Å². The predicted molar refractivity (Wildman–Crippen MR) is 62.1 cm³/mol. The van der Waals surface area contributed by atoms with Crippen molar-refractivity contribution in [1.82, 2.24) is 20.2 Å². The van der Waals surface area contributed by atoms with Gasteiger partial charge in [0, 0.05) is 17.5 Å². The second-order valence-corrected chi connectivity index (χ2v) is 3.73. The lowest BCUT2D eigenvalue weighted by atomic mass is 10.2. The molecule has 2 rings (SSSR count). The minimum absolute atomic E-state index is 0.0297. The fourth-order valence-corrected chi connectivity index (χ4v) is 1.47. The Balaban J connectivity index is 2.19. The summed E-state index contributed by atoms with van der Waals surface area (Å²) in [7, 11) is 0. The summed E-state index contributed by atoms with van der Waals surface area (Å²) >= 11 is 0. The molecule has 2 heterocycles. The molecule has 0 bridgehead atoms. The molecule has 1 unspecified atom stereocenters. The largest absolute Gasteiger partial charge is 0.348 e. The number of nitrogens with zero attached hydrogens (tertiary/aromatic N) is 4. The Bertz CT molecular complexity index is 540. The van der Waals surface area contributed by atoms with Gasteiger partial charge in [0.05, 0.1) is 12.2 Å². The second-order valence-electron chi connectivity index (χ2n) is 3.73. The molecule has 1 atom stereocenters. The summed E-state index contributed by atoms with van der Waals surface area (Å²) in [5.41, 5.74) is 2.13. The predicted octanol–water partition coefficient (Wildman–Crippen LogP) is 1.55. The maximum absolute atomic E-state index is 8.82. The fraction of sp³-hybridized carbons (Fsp3) is 0.273. The topological polar surface area (TPSA) is 90.3 Å². The van der Waals surface area contributed by atoms with Crippen LogP contribution >= 0.6 is 0 Å². The van der Waals surface area contributed by atoms with Crippen molar-refractivity contribution in [2.24, 2.45) is 0 Å². The number of H-pyrrole nitrogens is 1. The van der Waals surface area contributed by atoms with Gasteiger partial charge in [0.2, 0.25) is 5.95 Å². The van der Waals surface area contributed by atoms with Crippen LogP contribution in [0.25, 0.3) is 0 Å². The molecule has 0 radical (unpaired) electrons. The van der Waals surface area contributed by atoms with Gasteiger partial charge >= 0.3 is 0 Å². The zero-order valence-corrected chi connectivity index (χ0v) is 9.60. The maximum atomic E-state index is 8.82. The molecular formula is C11H12N6. The summed E-state index contributed by atoms with van der Waals surface area (Å²) in [6.45, 7) is 3.80. The lowest BCUT2D eigenvalue weighted by molar-refractivity contribution is 0.856. The van der Waals surface area contributed by atoms with Crippen LogP contribution in [0.2, 0.25) is 0 Å². The smallest absolute Gasteiger partial charge is 0.224 e. The molecule has 0 aliphatic heterocycles. The van der Waals surface area contributed by atoms with E-state index >= 15 is 0 Å². The normalized spacial score (nSPS) is 11.8. The lowest BCUT2D eigenvalue weighted by Gasteiger charge is -2.12. The first-order valence-electron chi connectivity index (χ1n) is 5.20. The van der Waals surface area contributed by atoms with Crippen molar-refractivity contribution in [2.75, 3.05) is 5.32 Å². The summed E-state index contributed by atoms with van der Waals surface area (Å²) in [6, 6.07) is 3.68. The highest BCUT2D eigenvalue weighted by atomic mass is 15.1. The highest BCUT2D eigenvalue weighted by Crippen LogP contribution is 2.15. The average Bonchev–Trinajstić information content (AvgIpc) is 2.81. The molecule has 0 fully saturated rings. The first-order valence-corrected chi connectivity index (χ1v) is 5.20. The fourth-order valence-electron chi connectivity index (χ4n) is 1.47. The van der Waals surface area contributed by atoms with E-state index < -0.39 is 0 Å². The van der Waals surface area contributed by atoms with E-state index in [4.69, 9.17) is 5.26 Å². The molecule has 6 nitrogen and oxygen atoms in total. The Morgan fingerprint density at radius 2 is 2.29 bits per heavy atom. The standard InChI is InChI=1S/C11H12N6/c1-7-3-10(4-12)17-11(15-7)16-8(2)9-5-13-14-6-9/h3,5-6,8H,1-2H3,(H,13,14)(H,15,16,17). The van der Waals surface area contributed by atoms with Gasteiger partial charge in [0.25, 0.3) is 0 Å². The molecule has 0 aromatic carbocycles. The molecule has 17 heavy (non-hydrogen) atoms. The number of aryl methyl sites for hydroxylation is 1. The minimum Gasteiger partial charge on any atom is -0.348 e. The van der Waals surface area contributed by atoms with Crippen LogP contribution in [0.1, 0.15) is 29.9 Å². The number of nitriles is 1. The van der Waals surface area contributed by atoms with Crippen LogP contribution in [0.3, 0.4) is 0 Å². The van der Waals surface area contributed by atoms with Gasteiger partial charge in [-0.1, -0.05) is 0 Å². The third kappa shape index (κ3) is 2.58. The quantitative estimate of drug-likeness (QED) is 0.831. The zero-order chi connectivity index (χ0) is 12.3. The van der Waals surface area contributed by atoms with Gasteiger partial charge in [-0.05, 0) is 19.9 Å². The second kappa shape index (κ2) is 4.61. The van der Waals surface area contributed by atoms with Crippen molar-refractivity contribution in [3.05, 3.63) is 35.4 Å². The van der Waals surface area contributed by atoms with Crippen LogP contribution < -0.4 is 5.32 Å². The summed E-state index contributed by atoms with van der Waals surface area (Å²) < 4.78 is 0. The van der Waals surface area contributed by atoms with Crippen molar-refractivity contribution >= 4 is 5.95 Å². The van der Waals surface area contributed by atoms with E-state index in [0.717, 1.165) is 11.3 Å². The molecule has 2 N–H and O–H groups in total. The van der Waals surface area contributed by atoms with Gasteiger partial charge < -0.3 is 5.32 Å². The summed E-state index contributed by atoms with van der Waals surface area (Å²) in [5.74, 6) is 0.454. The zero-order valence-electron chi connectivity index (χ0n) is 9.60. The summed E-state index contributed by atoms with van der Waals surface area (Å²) in [6.07, 6.45) is 3.54. The molecule has 0 saturated carbocycles.